The Bertz CT molecular complexity index is 1590. The number of alkyl carbamates (subject to hydrolysis) is 2. The first-order valence-electron chi connectivity index (χ1n) is 17.5. The minimum absolute atomic E-state index is 0.101. The quantitative estimate of drug-likeness (QED) is 0.123. The van der Waals surface area contributed by atoms with Crippen molar-refractivity contribution in [3.8, 4) is 0 Å². The summed E-state index contributed by atoms with van der Waals surface area (Å²) in [5.74, 6) is -0.280. The number of hydrogen-bond acceptors (Lipinski definition) is 9. The van der Waals surface area contributed by atoms with Crippen molar-refractivity contribution in [3.63, 3.8) is 0 Å². The van der Waals surface area contributed by atoms with Crippen LogP contribution in [0.4, 0.5) is 9.59 Å². The van der Waals surface area contributed by atoms with Gasteiger partial charge in [-0.25, -0.2) is 9.59 Å². The summed E-state index contributed by atoms with van der Waals surface area (Å²) in [6.07, 6.45) is 3.26. The average molecular weight is 714 g/mol. The Hall–Kier alpha value is -4.78. The summed E-state index contributed by atoms with van der Waals surface area (Å²) in [6, 6.07) is 28.0. The molecule has 5 rings (SSSR count). The van der Waals surface area contributed by atoms with Gasteiger partial charge in [0.1, 0.15) is 19.3 Å². The van der Waals surface area contributed by atoms with E-state index in [0.717, 1.165) is 34.7 Å². The second-order valence-electron chi connectivity index (χ2n) is 12.5. The van der Waals surface area contributed by atoms with Crippen LogP contribution in [-0.2, 0) is 45.1 Å². The molecule has 1 aliphatic heterocycles. The molecule has 4 aromatic rings. The van der Waals surface area contributed by atoms with E-state index in [1.807, 2.05) is 91.0 Å². The second-order valence-corrected chi connectivity index (χ2v) is 13.5. The highest BCUT2D eigenvalue weighted by Crippen LogP contribution is 2.15. The molecule has 0 spiro atoms. The van der Waals surface area contributed by atoms with Crippen LogP contribution < -0.4 is 16.0 Å². The Labute approximate surface area is 303 Å². The number of ether oxygens (including phenoxy) is 3. The molecule has 51 heavy (non-hydrogen) atoms. The van der Waals surface area contributed by atoms with E-state index in [2.05, 4.69) is 25.8 Å². The number of aromatic nitrogens is 1. The first kappa shape index (κ1) is 37.5. The third-order valence-electron chi connectivity index (χ3n) is 8.67. The van der Waals surface area contributed by atoms with E-state index in [1.165, 1.54) is 11.3 Å². The summed E-state index contributed by atoms with van der Waals surface area (Å²) in [6.45, 7) is 3.69. The highest BCUT2D eigenvalue weighted by molar-refractivity contribution is 7.09. The maximum Gasteiger partial charge on any atom is 0.408 e. The summed E-state index contributed by atoms with van der Waals surface area (Å²) in [7, 11) is 0. The lowest BCUT2D eigenvalue weighted by molar-refractivity contribution is -0.124. The van der Waals surface area contributed by atoms with Crippen molar-refractivity contribution < 1.29 is 28.6 Å². The van der Waals surface area contributed by atoms with Gasteiger partial charge >= 0.3 is 12.2 Å². The number of morpholine rings is 1. The minimum Gasteiger partial charge on any atom is -0.445 e. The van der Waals surface area contributed by atoms with Gasteiger partial charge in [-0.3, -0.25) is 14.7 Å². The molecule has 1 fully saturated rings. The number of hydrogen-bond donors (Lipinski definition) is 3. The van der Waals surface area contributed by atoms with Gasteiger partial charge in [-0.2, -0.15) is 0 Å². The van der Waals surface area contributed by atoms with Gasteiger partial charge in [0.25, 0.3) is 0 Å². The summed E-state index contributed by atoms with van der Waals surface area (Å²) in [5, 5.41) is 9.14. The standard InChI is InChI=1S/C39H47N5O6S/c45-37(36(18-19-44-20-22-48-23-21-44)43-39(47)49-27-32-14-8-3-9-15-32)41-33(24-30-10-4-1-5-11-30)16-17-34(25-31-12-6-2-7-13-31)42-38(46)50-28-35-26-40-29-51-35/h1-15,26,29,33-34,36H,16-25,27-28H2,(H,41,45)(H,42,46)(H,43,47). The topological polar surface area (TPSA) is 131 Å². The molecule has 2 heterocycles. The van der Waals surface area contributed by atoms with Gasteiger partial charge in [0.15, 0.2) is 0 Å². The first-order chi connectivity index (χ1) is 25.0. The van der Waals surface area contributed by atoms with Gasteiger partial charge in [-0.15, -0.1) is 11.3 Å². The fourth-order valence-electron chi connectivity index (χ4n) is 5.92. The van der Waals surface area contributed by atoms with Crippen molar-refractivity contribution in [2.45, 2.75) is 63.4 Å². The van der Waals surface area contributed by atoms with Crippen LogP contribution in [0.1, 0.15) is 40.8 Å². The number of amides is 3. The van der Waals surface area contributed by atoms with Crippen LogP contribution >= 0.6 is 11.3 Å². The summed E-state index contributed by atoms with van der Waals surface area (Å²) in [4.78, 5) is 47.0. The van der Waals surface area contributed by atoms with Crippen LogP contribution in [0.15, 0.2) is 103 Å². The maximum atomic E-state index is 14.0. The fraction of sp³-hybridized carbons (Fsp3) is 0.385. The molecule has 270 valence electrons. The van der Waals surface area contributed by atoms with E-state index in [0.29, 0.717) is 51.9 Å². The van der Waals surface area contributed by atoms with Crippen LogP contribution in [0.25, 0.3) is 0 Å². The Kier molecular flexibility index (Phi) is 15.3. The molecule has 12 heteroatoms. The van der Waals surface area contributed by atoms with Gasteiger partial charge in [-0.05, 0) is 48.8 Å². The van der Waals surface area contributed by atoms with Crippen molar-refractivity contribution >= 4 is 29.4 Å². The van der Waals surface area contributed by atoms with E-state index in [9.17, 15) is 14.4 Å². The van der Waals surface area contributed by atoms with E-state index in [-0.39, 0.29) is 31.2 Å². The van der Waals surface area contributed by atoms with Gasteiger partial charge in [0, 0.05) is 37.9 Å². The highest BCUT2D eigenvalue weighted by Gasteiger charge is 2.26. The number of benzene rings is 3. The maximum absolute atomic E-state index is 14.0. The number of carbonyl (C=O) groups is 3. The molecule has 0 radical (unpaired) electrons. The third-order valence-corrected chi connectivity index (χ3v) is 9.42. The average Bonchev–Trinajstić information content (AvgIpc) is 3.69. The zero-order chi connectivity index (χ0) is 35.5. The van der Waals surface area contributed by atoms with E-state index < -0.39 is 18.2 Å². The Morgan fingerprint density at radius 2 is 1.25 bits per heavy atom. The lowest BCUT2D eigenvalue weighted by atomic mass is 9.95. The lowest BCUT2D eigenvalue weighted by Crippen LogP contribution is -2.52. The Balaban J connectivity index is 1.26. The van der Waals surface area contributed by atoms with Gasteiger partial charge in [0.05, 0.1) is 23.6 Å². The van der Waals surface area contributed by atoms with Crippen LogP contribution in [0.3, 0.4) is 0 Å². The largest absolute Gasteiger partial charge is 0.445 e. The predicted molar refractivity (Wildman–Crippen MR) is 196 cm³/mol. The molecule has 3 unspecified atom stereocenters. The Morgan fingerprint density at radius 1 is 0.706 bits per heavy atom. The molecule has 3 atom stereocenters. The predicted octanol–water partition coefficient (Wildman–Crippen LogP) is 5.51. The molecule has 11 nitrogen and oxygen atoms in total. The second kappa shape index (κ2) is 20.8. The van der Waals surface area contributed by atoms with Gasteiger partial charge in [0.2, 0.25) is 5.91 Å². The fourth-order valence-corrected chi connectivity index (χ4v) is 6.43. The smallest absolute Gasteiger partial charge is 0.408 e. The van der Waals surface area contributed by atoms with Crippen molar-refractivity contribution in [1.29, 1.82) is 0 Å². The van der Waals surface area contributed by atoms with Crippen LogP contribution in [0.2, 0.25) is 0 Å². The summed E-state index contributed by atoms with van der Waals surface area (Å²) < 4.78 is 16.5. The highest BCUT2D eigenvalue weighted by atomic mass is 32.1. The van der Waals surface area contributed by atoms with Gasteiger partial charge in [-0.1, -0.05) is 91.0 Å². The van der Waals surface area contributed by atoms with Crippen LogP contribution in [-0.4, -0.2) is 79.0 Å². The molecule has 3 amide bonds. The number of carbonyl (C=O) groups excluding carboxylic acids is 3. The van der Waals surface area contributed by atoms with Gasteiger partial charge < -0.3 is 30.2 Å². The number of nitrogens with zero attached hydrogens (tertiary/aromatic N) is 2. The molecule has 0 saturated carbocycles. The number of nitrogens with one attached hydrogen (secondary N) is 3. The molecule has 0 aliphatic carbocycles. The van der Waals surface area contributed by atoms with Crippen molar-refractivity contribution in [2.75, 3.05) is 32.8 Å². The Morgan fingerprint density at radius 3 is 1.84 bits per heavy atom. The molecule has 0 bridgehead atoms. The lowest BCUT2D eigenvalue weighted by Gasteiger charge is -2.29. The first-order valence-corrected chi connectivity index (χ1v) is 18.3. The molecule has 1 saturated heterocycles. The van der Waals surface area contributed by atoms with Crippen LogP contribution in [0, 0.1) is 0 Å². The molecular weight excluding hydrogens is 667 g/mol. The summed E-state index contributed by atoms with van der Waals surface area (Å²) >= 11 is 1.43. The van der Waals surface area contributed by atoms with Crippen molar-refractivity contribution in [3.05, 3.63) is 124 Å². The number of thiazole rings is 1. The zero-order valence-corrected chi connectivity index (χ0v) is 29.6. The number of rotatable bonds is 18. The molecule has 3 aromatic carbocycles. The third kappa shape index (κ3) is 13.8. The van der Waals surface area contributed by atoms with Crippen molar-refractivity contribution in [2.24, 2.45) is 0 Å². The minimum atomic E-state index is -0.811. The monoisotopic (exact) mass is 713 g/mol. The van der Waals surface area contributed by atoms with E-state index in [1.54, 1.807) is 11.7 Å². The normalized spacial score (nSPS) is 14.8. The van der Waals surface area contributed by atoms with Crippen molar-refractivity contribution in [1.82, 2.24) is 25.8 Å². The molecular formula is C39H47N5O6S. The molecule has 3 N–H and O–H groups in total. The van der Waals surface area contributed by atoms with E-state index in [4.69, 9.17) is 14.2 Å². The van der Waals surface area contributed by atoms with Crippen LogP contribution in [0.5, 0.6) is 0 Å². The zero-order valence-electron chi connectivity index (χ0n) is 28.8. The molecule has 1 aliphatic rings. The summed E-state index contributed by atoms with van der Waals surface area (Å²) in [5.41, 5.74) is 4.71. The SMILES string of the molecule is O=C(NC(CCC(Cc1ccccc1)NC(=O)C(CCN1CCOCC1)NC(=O)OCc1ccccc1)Cc1ccccc1)OCc1cncs1. The van der Waals surface area contributed by atoms with E-state index >= 15 is 0 Å². The molecule has 1 aromatic heterocycles.